The van der Waals surface area contributed by atoms with Gasteiger partial charge in [-0.05, 0) is 52.8 Å². The molecule has 0 saturated carbocycles. The first-order valence-electron chi connectivity index (χ1n) is 9.47. The summed E-state index contributed by atoms with van der Waals surface area (Å²) >= 11 is 0. The van der Waals surface area contributed by atoms with Crippen LogP contribution in [-0.2, 0) is 29.3 Å². The lowest BCUT2D eigenvalue weighted by Gasteiger charge is -2.05. The van der Waals surface area contributed by atoms with Crippen LogP contribution in [0.1, 0.15) is 36.8 Å². The molecule has 0 radical (unpaired) electrons. The number of ether oxygens (including phenoxy) is 2. The van der Waals surface area contributed by atoms with E-state index < -0.39 is 5.97 Å². The van der Waals surface area contributed by atoms with E-state index in [1.807, 2.05) is 42.5 Å². The van der Waals surface area contributed by atoms with E-state index in [2.05, 4.69) is 27.4 Å². The average molecular weight is 393 g/mol. The van der Waals surface area contributed by atoms with Crippen LogP contribution < -0.4 is 4.74 Å². The number of hydrogen-bond donors (Lipinski definition) is 0. The van der Waals surface area contributed by atoms with Crippen LogP contribution in [0, 0.1) is 0 Å². The normalized spacial score (nSPS) is 10.9. The summed E-state index contributed by atoms with van der Waals surface area (Å²) < 4.78 is 12.6. The maximum atomic E-state index is 11.9. The van der Waals surface area contributed by atoms with E-state index in [1.165, 1.54) is 6.08 Å². The van der Waals surface area contributed by atoms with E-state index in [4.69, 9.17) is 9.47 Å². The van der Waals surface area contributed by atoms with Gasteiger partial charge in [-0.2, -0.15) is 0 Å². The summed E-state index contributed by atoms with van der Waals surface area (Å²) in [6, 6.07) is 13.1. The SMILES string of the molecule is CCCCn1nnnc1COC(=O)/C=C/c1ccc(OCc2ccccn2)cc1. The Kier molecular flexibility index (Phi) is 7.45. The maximum Gasteiger partial charge on any atom is 0.331 e. The van der Waals surface area contributed by atoms with E-state index in [0.717, 1.165) is 29.8 Å². The van der Waals surface area contributed by atoms with Crippen molar-refractivity contribution in [3.8, 4) is 5.75 Å². The first-order chi connectivity index (χ1) is 14.2. The summed E-state index contributed by atoms with van der Waals surface area (Å²) in [5, 5.41) is 11.4. The first kappa shape index (κ1) is 20.2. The Hall–Kier alpha value is -3.55. The van der Waals surface area contributed by atoms with E-state index in [-0.39, 0.29) is 6.61 Å². The van der Waals surface area contributed by atoms with E-state index in [9.17, 15) is 4.79 Å². The number of aryl methyl sites for hydroxylation is 1. The number of unbranched alkanes of at least 4 members (excludes halogenated alkanes) is 1. The summed E-state index contributed by atoms with van der Waals surface area (Å²) in [5.74, 6) is 0.814. The number of carbonyl (C=O) groups is 1. The van der Waals surface area contributed by atoms with Gasteiger partial charge in [0.2, 0.25) is 0 Å². The number of esters is 1. The molecule has 2 aromatic heterocycles. The Morgan fingerprint density at radius 1 is 1.14 bits per heavy atom. The minimum Gasteiger partial charge on any atom is -0.487 e. The third-order valence-corrected chi connectivity index (χ3v) is 4.08. The lowest BCUT2D eigenvalue weighted by molar-refractivity contribution is -0.139. The van der Waals surface area contributed by atoms with Crippen molar-refractivity contribution in [3.05, 3.63) is 71.8 Å². The van der Waals surface area contributed by atoms with Crippen molar-refractivity contribution >= 4 is 12.0 Å². The van der Waals surface area contributed by atoms with Gasteiger partial charge in [-0.1, -0.05) is 31.5 Å². The Bertz CT molecular complexity index is 923. The number of nitrogens with zero attached hydrogens (tertiary/aromatic N) is 5. The zero-order valence-corrected chi connectivity index (χ0v) is 16.3. The highest BCUT2D eigenvalue weighted by atomic mass is 16.5. The van der Waals surface area contributed by atoms with Crippen molar-refractivity contribution in [1.29, 1.82) is 0 Å². The van der Waals surface area contributed by atoms with Crippen LogP contribution in [0.25, 0.3) is 6.08 Å². The van der Waals surface area contributed by atoms with Crippen molar-refractivity contribution in [2.75, 3.05) is 0 Å². The quantitative estimate of drug-likeness (QED) is 0.386. The van der Waals surface area contributed by atoms with Crippen LogP contribution in [0.3, 0.4) is 0 Å². The highest BCUT2D eigenvalue weighted by molar-refractivity contribution is 5.87. The second kappa shape index (κ2) is 10.7. The smallest absolute Gasteiger partial charge is 0.331 e. The molecule has 3 rings (SSSR count). The third-order valence-electron chi connectivity index (χ3n) is 4.08. The average Bonchev–Trinajstić information content (AvgIpc) is 3.22. The van der Waals surface area contributed by atoms with Gasteiger partial charge < -0.3 is 9.47 Å². The largest absolute Gasteiger partial charge is 0.487 e. The standard InChI is InChI=1S/C21H23N5O3/c1-2-3-14-26-20(23-24-25-26)16-29-21(27)12-9-17-7-10-19(11-8-17)28-15-18-6-4-5-13-22-18/h4-13H,2-3,14-16H2,1H3/b12-9+. The molecule has 1 aromatic carbocycles. The van der Waals surface area contributed by atoms with E-state index >= 15 is 0 Å². The van der Waals surface area contributed by atoms with Gasteiger partial charge >= 0.3 is 5.97 Å². The minimum absolute atomic E-state index is 0.0419. The summed E-state index contributed by atoms with van der Waals surface area (Å²) in [7, 11) is 0. The molecule has 0 aliphatic carbocycles. The lowest BCUT2D eigenvalue weighted by Crippen LogP contribution is -2.09. The number of tetrazole rings is 1. The summed E-state index contributed by atoms with van der Waals surface area (Å²) in [4.78, 5) is 16.2. The Morgan fingerprint density at radius 2 is 2.00 bits per heavy atom. The highest BCUT2D eigenvalue weighted by Crippen LogP contribution is 2.14. The van der Waals surface area contributed by atoms with Gasteiger partial charge in [0.15, 0.2) is 12.4 Å². The van der Waals surface area contributed by atoms with Gasteiger partial charge in [0, 0.05) is 18.8 Å². The highest BCUT2D eigenvalue weighted by Gasteiger charge is 2.08. The maximum absolute atomic E-state index is 11.9. The molecule has 0 atom stereocenters. The van der Waals surface area contributed by atoms with Gasteiger partial charge in [-0.3, -0.25) is 4.98 Å². The van der Waals surface area contributed by atoms with Gasteiger partial charge in [0.1, 0.15) is 12.4 Å². The molecule has 29 heavy (non-hydrogen) atoms. The monoisotopic (exact) mass is 393 g/mol. The van der Waals surface area contributed by atoms with Gasteiger partial charge in [-0.25, -0.2) is 9.48 Å². The minimum atomic E-state index is -0.453. The van der Waals surface area contributed by atoms with Crippen molar-refractivity contribution in [3.63, 3.8) is 0 Å². The van der Waals surface area contributed by atoms with Crippen molar-refractivity contribution in [1.82, 2.24) is 25.2 Å². The first-order valence-corrected chi connectivity index (χ1v) is 9.47. The van der Waals surface area contributed by atoms with Crippen LogP contribution >= 0.6 is 0 Å². The van der Waals surface area contributed by atoms with E-state index in [0.29, 0.717) is 19.0 Å². The van der Waals surface area contributed by atoms with Crippen molar-refractivity contribution in [2.24, 2.45) is 0 Å². The molecule has 0 saturated heterocycles. The number of benzene rings is 1. The zero-order chi connectivity index (χ0) is 20.3. The fraction of sp³-hybridized carbons (Fsp3) is 0.286. The molecule has 0 aliphatic rings. The second-order valence-electron chi connectivity index (χ2n) is 6.29. The lowest BCUT2D eigenvalue weighted by atomic mass is 10.2. The Labute approximate surface area is 169 Å². The second-order valence-corrected chi connectivity index (χ2v) is 6.29. The fourth-order valence-electron chi connectivity index (χ4n) is 2.47. The molecule has 8 nitrogen and oxygen atoms in total. The summed E-state index contributed by atoms with van der Waals surface area (Å²) in [5.41, 5.74) is 1.72. The van der Waals surface area contributed by atoms with Gasteiger partial charge in [0.25, 0.3) is 0 Å². The van der Waals surface area contributed by atoms with Crippen LogP contribution in [0.2, 0.25) is 0 Å². The van der Waals surface area contributed by atoms with E-state index in [1.54, 1.807) is 17.0 Å². The molecular formula is C21H23N5O3. The third kappa shape index (κ3) is 6.53. The van der Waals surface area contributed by atoms with Crippen molar-refractivity contribution < 1.29 is 14.3 Å². The van der Waals surface area contributed by atoms with Crippen LogP contribution in [-0.4, -0.2) is 31.2 Å². The number of aromatic nitrogens is 5. The fourth-order valence-corrected chi connectivity index (χ4v) is 2.47. The van der Waals surface area contributed by atoms with Gasteiger partial charge in [-0.15, -0.1) is 5.10 Å². The summed E-state index contributed by atoms with van der Waals surface area (Å²) in [6.45, 7) is 3.25. The molecule has 0 N–H and O–H groups in total. The molecule has 0 aliphatic heterocycles. The molecule has 8 heteroatoms. The predicted octanol–water partition coefficient (Wildman–Crippen LogP) is 3.20. The number of hydrogen-bond acceptors (Lipinski definition) is 7. The topological polar surface area (TPSA) is 92.0 Å². The Balaban J connectivity index is 1.45. The molecule has 0 amide bonds. The number of pyridine rings is 1. The van der Waals surface area contributed by atoms with Crippen LogP contribution in [0.15, 0.2) is 54.7 Å². The predicted molar refractivity (Wildman–Crippen MR) is 107 cm³/mol. The number of rotatable bonds is 10. The molecule has 0 fully saturated rings. The van der Waals surface area contributed by atoms with Gasteiger partial charge in [0.05, 0.1) is 5.69 Å². The molecule has 0 bridgehead atoms. The molecule has 0 unspecified atom stereocenters. The summed E-state index contributed by atoms with van der Waals surface area (Å²) in [6.07, 6.45) is 6.80. The zero-order valence-electron chi connectivity index (χ0n) is 16.3. The van der Waals surface area contributed by atoms with Crippen LogP contribution in [0.4, 0.5) is 0 Å². The van der Waals surface area contributed by atoms with Crippen LogP contribution in [0.5, 0.6) is 5.75 Å². The molecule has 150 valence electrons. The number of carbonyl (C=O) groups excluding carboxylic acids is 1. The molecule has 0 spiro atoms. The Morgan fingerprint density at radius 3 is 2.76 bits per heavy atom. The molecular weight excluding hydrogens is 370 g/mol. The van der Waals surface area contributed by atoms with Crippen molar-refractivity contribution in [2.45, 2.75) is 39.5 Å². The molecule has 2 heterocycles. The molecule has 3 aromatic rings.